The van der Waals surface area contributed by atoms with Crippen LogP contribution in [-0.2, 0) is 6.54 Å². The molecule has 1 heterocycles. The van der Waals surface area contributed by atoms with Gasteiger partial charge in [-0.05, 0) is 38.8 Å². The van der Waals surface area contributed by atoms with E-state index in [-0.39, 0.29) is 11.6 Å². The first-order valence-electron chi connectivity index (χ1n) is 7.89. The largest absolute Gasteiger partial charge is 0.324 e. The monoisotopic (exact) mass is 299 g/mol. The molecule has 0 aliphatic rings. The smallest absolute Gasteiger partial charge is 0.271 e. The molecule has 4 heteroatoms. The lowest BCUT2D eigenvalue weighted by Gasteiger charge is -2.14. The van der Waals surface area contributed by atoms with Crippen LogP contribution >= 0.6 is 0 Å². The van der Waals surface area contributed by atoms with Crippen molar-refractivity contribution in [3.8, 4) is 11.3 Å². The Morgan fingerprint density at radius 3 is 2.59 bits per heavy atom. The number of aromatic nitrogens is 2. The fourth-order valence-corrected chi connectivity index (χ4v) is 2.58. The van der Waals surface area contributed by atoms with Crippen molar-refractivity contribution in [2.45, 2.75) is 53.1 Å². The van der Waals surface area contributed by atoms with Gasteiger partial charge in [0.15, 0.2) is 0 Å². The second kappa shape index (κ2) is 6.88. The molecule has 0 saturated heterocycles. The third-order valence-corrected chi connectivity index (χ3v) is 3.87. The average Bonchev–Trinajstić information content (AvgIpc) is 2.46. The summed E-state index contributed by atoms with van der Waals surface area (Å²) >= 11 is 0. The molecule has 1 atom stereocenters. The van der Waals surface area contributed by atoms with E-state index in [0.717, 1.165) is 29.7 Å². The minimum absolute atomic E-state index is 0.0723. The Bertz CT molecular complexity index is 717. The van der Waals surface area contributed by atoms with Crippen molar-refractivity contribution in [1.29, 1.82) is 0 Å². The second-order valence-electron chi connectivity index (χ2n) is 5.97. The summed E-state index contributed by atoms with van der Waals surface area (Å²) in [6.45, 7) is 8.71. The lowest BCUT2D eigenvalue weighted by molar-refractivity contribution is 0.536. The van der Waals surface area contributed by atoms with E-state index in [2.05, 4.69) is 44.1 Å². The van der Waals surface area contributed by atoms with Gasteiger partial charge in [-0.25, -0.2) is 4.68 Å². The molecule has 0 spiro atoms. The zero-order valence-electron chi connectivity index (χ0n) is 13.9. The molecule has 22 heavy (non-hydrogen) atoms. The Hall–Kier alpha value is -1.94. The van der Waals surface area contributed by atoms with Crippen LogP contribution in [0.2, 0.25) is 0 Å². The fourth-order valence-electron chi connectivity index (χ4n) is 2.58. The number of hydrogen-bond donors (Lipinski definition) is 1. The average molecular weight is 299 g/mol. The molecule has 1 aromatic carbocycles. The molecule has 0 aliphatic heterocycles. The minimum atomic E-state index is -0.298. The highest BCUT2D eigenvalue weighted by Gasteiger charge is 2.14. The molecule has 1 unspecified atom stereocenters. The SMILES string of the molecule is CCCCn1nc(-c2ccc(C)cc2C)cc(C(C)N)c1=O. The topological polar surface area (TPSA) is 60.9 Å². The number of rotatable bonds is 5. The van der Waals surface area contributed by atoms with Gasteiger partial charge in [-0.1, -0.05) is 37.1 Å². The Labute approximate surface area is 132 Å². The van der Waals surface area contributed by atoms with E-state index in [4.69, 9.17) is 5.73 Å². The molecule has 2 aromatic rings. The number of benzene rings is 1. The van der Waals surface area contributed by atoms with Crippen LogP contribution < -0.4 is 11.3 Å². The van der Waals surface area contributed by atoms with Crippen LogP contribution in [0.3, 0.4) is 0 Å². The number of aryl methyl sites for hydroxylation is 3. The highest BCUT2D eigenvalue weighted by molar-refractivity contribution is 5.64. The van der Waals surface area contributed by atoms with Crippen LogP contribution in [0.5, 0.6) is 0 Å². The maximum atomic E-state index is 12.5. The van der Waals surface area contributed by atoms with Crippen molar-refractivity contribution in [3.05, 3.63) is 51.3 Å². The molecule has 2 rings (SSSR count). The van der Waals surface area contributed by atoms with Crippen LogP contribution in [-0.4, -0.2) is 9.78 Å². The lowest BCUT2D eigenvalue weighted by atomic mass is 10.0. The van der Waals surface area contributed by atoms with Crippen LogP contribution in [0.1, 0.15) is 49.4 Å². The van der Waals surface area contributed by atoms with Crippen molar-refractivity contribution in [1.82, 2.24) is 9.78 Å². The zero-order chi connectivity index (χ0) is 16.3. The van der Waals surface area contributed by atoms with E-state index in [1.165, 1.54) is 5.56 Å². The molecule has 1 aromatic heterocycles. The number of nitrogens with zero attached hydrogens (tertiary/aromatic N) is 2. The van der Waals surface area contributed by atoms with Crippen molar-refractivity contribution in [3.63, 3.8) is 0 Å². The van der Waals surface area contributed by atoms with Crippen LogP contribution in [0, 0.1) is 13.8 Å². The van der Waals surface area contributed by atoms with Gasteiger partial charge in [-0.15, -0.1) is 0 Å². The van der Waals surface area contributed by atoms with E-state index >= 15 is 0 Å². The van der Waals surface area contributed by atoms with Crippen molar-refractivity contribution in [2.24, 2.45) is 5.73 Å². The lowest BCUT2D eigenvalue weighted by Crippen LogP contribution is -2.29. The first-order chi connectivity index (χ1) is 10.4. The summed E-state index contributed by atoms with van der Waals surface area (Å²) in [4.78, 5) is 12.5. The minimum Gasteiger partial charge on any atom is -0.324 e. The Balaban J connectivity index is 2.60. The third-order valence-electron chi connectivity index (χ3n) is 3.87. The van der Waals surface area contributed by atoms with Crippen molar-refractivity contribution >= 4 is 0 Å². The molecule has 0 fully saturated rings. The molecular formula is C18H25N3O. The Morgan fingerprint density at radius 1 is 1.27 bits per heavy atom. The molecule has 2 N–H and O–H groups in total. The van der Waals surface area contributed by atoms with E-state index in [0.29, 0.717) is 12.1 Å². The van der Waals surface area contributed by atoms with Crippen LogP contribution in [0.25, 0.3) is 11.3 Å². The van der Waals surface area contributed by atoms with Gasteiger partial charge in [-0.2, -0.15) is 5.10 Å². The summed E-state index contributed by atoms with van der Waals surface area (Å²) in [5.74, 6) is 0. The van der Waals surface area contributed by atoms with E-state index < -0.39 is 0 Å². The van der Waals surface area contributed by atoms with Gasteiger partial charge < -0.3 is 5.73 Å². The quantitative estimate of drug-likeness (QED) is 0.921. The number of hydrogen-bond acceptors (Lipinski definition) is 3. The first kappa shape index (κ1) is 16.4. The van der Waals surface area contributed by atoms with Gasteiger partial charge in [-0.3, -0.25) is 4.79 Å². The molecule has 0 radical (unpaired) electrons. The van der Waals surface area contributed by atoms with Gasteiger partial charge in [0, 0.05) is 23.7 Å². The van der Waals surface area contributed by atoms with Crippen molar-refractivity contribution in [2.75, 3.05) is 0 Å². The molecule has 4 nitrogen and oxygen atoms in total. The van der Waals surface area contributed by atoms with E-state index in [1.54, 1.807) is 4.68 Å². The Morgan fingerprint density at radius 2 is 2.00 bits per heavy atom. The standard InChI is InChI=1S/C18H25N3O/c1-5-6-9-21-18(22)16(14(4)19)11-17(20-21)15-8-7-12(2)10-13(15)3/h7-8,10-11,14H,5-6,9,19H2,1-4H3. The molecule has 0 saturated carbocycles. The predicted octanol–water partition coefficient (Wildman–Crippen LogP) is 3.35. The van der Waals surface area contributed by atoms with Gasteiger partial charge in [0.25, 0.3) is 5.56 Å². The number of unbranched alkanes of at least 4 members (excludes halogenated alkanes) is 1. The number of nitrogens with two attached hydrogens (primary N) is 1. The summed E-state index contributed by atoms with van der Waals surface area (Å²) < 4.78 is 1.57. The maximum Gasteiger partial charge on any atom is 0.271 e. The van der Waals surface area contributed by atoms with Crippen LogP contribution in [0.15, 0.2) is 29.1 Å². The zero-order valence-corrected chi connectivity index (χ0v) is 13.9. The molecule has 0 amide bonds. The highest BCUT2D eigenvalue weighted by atomic mass is 16.1. The van der Waals surface area contributed by atoms with E-state index in [1.807, 2.05) is 13.0 Å². The van der Waals surface area contributed by atoms with Gasteiger partial charge in [0.2, 0.25) is 0 Å². The van der Waals surface area contributed by atoms with Crippen LogP contribution in [0.4, 0.5) is 0 Å². The second-order valence-corrected chi connectivity index (χ2v) is 5.97. The normalized spacial score (nSPS) is 12.4. The fraction of sp³-hybridized carbons (Fsp3) is 0.444. The summed E-state index contributed by atoms with van der Waals surface area (Å²) in [6.07, 6.45) is 1.96. The highest BCUT2D eigenvalue weighted by Crippen LogP contribution is 2.23. The van der Waals surface area contributed by atoms with Gasteiger partial charge in [0.05, 0.1) is 5.69 Å². The Kier molecular flexibility index (Phi) is 5.14. The predicted molar refractivity (Wildman–Crippen MR) is 90.9 cm³/mol. The summed E-state index contributed by atoms with van der Waals surface area (Å²) in [6, 6.07) is 7.80. The third kappa shape index (κ3) is 3.45. The summed E-state index contributed by atoms with van der Waals surface area (Å²) in [5.41, 5.74) is 10.8. The van der Waals surface area contributed by atoms with Gasteiger partial charge >= 0.3 is 0 Å². The maximum absolute atomic E-state index is 12.5. The molecule has 0 bridgehead atoms. The van der Waals surface area contributed by atoms with Crippen molar-refractivity contribution < 1.29 is 0 Å². The summed E-state index contributed by atoms with van der Waals surface area (Å²) in [5, 5.41) is 4.56. The van der Waals surface area contributed by atoms with E-state index in [9.17, 15) is 4.79 Å². The van der Waals surface area contributed by atoms with Gasteiger partial charge in [0.1, 0.15) is 0 Å². The first-order valence-corrected chi connectivity index (χ1v) is 7.89. The molecule has 118 valence electrons. The molecule has 0 aliphatic carbocycles. The summed E-state index contributed by atoms with van der Waals surface area (Å²) in [7, 11) is 0. The molecular weight excluding hydrogens is 274 g/mol.